The fourth-order valence-corrected chi connectivity index (χ4v) is 3.17. The molecule has 0 saturated heterocycles. The van der Waals surface area contributed by atoms with Crippen LogP contribution >= 0.6 is 0 Å². The maximum Gasteiger partial charge on any atom is 0.126 e. The Morgan fingerprint density at radius 1 is 0.870 bits per heavy atom. The Kier molecular flexibility index (Phi) is 4.66. The third-order valence-corrected chi connectivity index (χ3v) is 4.39. The molecule has 3 rings (SSSR count). The molecule has 0 radical (unpaired) electrons. The Hall–Kier alpha value is -2.28. The molecule has 3 aromatic carbocycles. The molecule has 1 heteroatoms. The fraction of sp³-hybridized carbons (Fsp3) is 0.273. The quantitative estimate of drug-likeness (QED) is 0.553. The third kappa shape index (κ3) is 3.24. The molecule has 0 atom stereocenters. The van der Waals surface area contributed by atoms with Crippen LogP contribution in [0.2, 0.25) is 0 Å². The van der Waals surface area contributed by atoms with Crippen LogP contribution in [0.1, 0.15) is 25.8 Å². The lowest BCUT2D eigenvalue weighted by Gasteiger charge is -2.17. The van der Waals surface area contributed by atoms with Gasteiger partial charge in [-0.15, -0.1) is 0 Å². The minimum Gasteiger partial charge on any atom is -0.496 e. The zero-order valence-corrected chi connectivity index (χ0v) is 14.2. The van der Waals surface area contributed by atoms with Gasteiger partial charge in [0.1, 0.15) is 5.75 Å². The van der Waals surface area contributed by atoms with Gasteiger partial charge in [0.25, 0.3) is 0 Å². The Morgan fingerprint density at radius 3 is 2.35 bits per heavy atom. The number of hydrogen-bond acceptors (Lipinski definition) is 1. The second-order valence-corrected chi connectivity index (χ2v) is 6.45. The van der Waals surface area contributed by atoms with Crippen LogP contribution in [0, 0.1) is 5.92 Å². The molecule has 0 spiro atoms. The van der Waals surface area contributed by atoms with Crippen molar-refractivity contribution in [3.8, 4) is 16.9 Å². The van der Waals surface area contributed by atoms with Crippen LogP contribution in [-0.4, -0.2) is 7.11 Å². The van der Waals surface area contributed by atoms with Crippen LogP contribution in [0.3, 0.4) is 0 Å². The summed E-state index contributed by atoms with van der Waals surface area (Å²) in [7, 11) is 1.76. The molecule has 0 amide bonds. The highest BCUT2D eigenvalue weighted by Gasteiger charge is 2.13. The first-order valence-corrected chi connectivity index (χ1v) is 8.34. The molecule has 0 aliphatic rings. The number of ether oxygens (including phenoxy) is 1. The summed E-state index contributed by atoms with van der Waals surface area (Å²) in [5.41, 5.74) is 4.00. The molecule has 0 fully saturated rings. The smallest absolute Gasteiger partial charge is 0.126 e. The van der Waals surface area contributed by atoms with E-state index in [0.717, 1.165) is 12.2 Å². The molecule has 3 aromatic rings. The largest absolute Gasteiger partial charge is 0.496 e. The van der Waals surface area contributed by atoms with Crippen molar-refractivity contribution < 1.29 is 4.74 Å². The van der Waals surface area contributed by atoms with E-state index in [1.807, 2.05) is 0 Å². The normalized spacial score (nSPS) is 11.1. The zero-order chi connectivity index (χ0) is 16.2. The van der Waals surface area contributed by atoms with Crippen LogP contribution in [0.4, 0.5) is 0 Å². The first kappa shape index (κ1) is 15.6. The predicted octanol–water partition coefficient (Wildman–Crippen LogP) is 6.10. The van der Waals surface area contributed by atoms with E-state index in [0.29, 0.717) is 5.92 Å². The first-order valence-electron chi connectivity index (χ1n) is 8.34. The van der Waals surface area contributed by atoms with Gasteiger partial charge in [0.2, 0.25) is 0 Å². The highest BCUT2D eigenvalue weighted by molar-refractivity contribution is 5.96. The van der Waals surface area contributed by atoms with Crippen molar-refractivity contribution in [2.75, 3.05) is 7.11 Å². The third-order valence-electron chi connectivity index (χ3n) is 4.39. The molecular formula is C22H24O. The summed E-state index contributed by atoms with van der Waals surface area (Å²) in [5.74, 6) is 1.66. The van der Waals surface area contributed by atoms with E-state index in [1.165, 1.54) is 33.9 Å². The number of fused-ring (bicyclic) bond motifs is 1. The van der Waals surface area contributed by atoms with Crippen molar-refractivity contribution in [2.24, 2.45) is 5.92 Å². The molecular weight excluding hydrogens is 280 g/mol. The van der Waals surface area contributed by atoms with Crippen molar-refractivity contribution in [3.05, 3.63) is 66.2 Å². The summed E-state index contributed by atoms with van der Waals surface area (Å²) >= 11 is 0. The van der Waals surface area contributed by atoms with Gasteiger partial charge in [0, 0.05) is 5.39 Å². The number of hydrogen-bond donors (Lipinski definition) is 0. The van der Waals surface area contributed by atoms with E-state index in [4.69, 9.17) is 4.74 Å². The van der Waals surface area contributed by atoms with Crippen molar-refractivity contribution >= 4 is 10.8 Å². The average Bonchev–Trinajstić information content (AvgIpc) is 2.59. The summed E-state index contributed by atoms with van der Waals surface area (Å²) in [6.45, 7) is 4.56. The van der Waals surface area contributed by atoms with Crippen molar-refractivity contribution in [1.29, 1.82) is 0 Å². The van der Waals surface area contributed by atoms with Gasteiger partial charge in [-0.2, -0.15) is 0 Å². The SMILES string of the molecule is COc1cccc2ccc(-c3ccccc3)c(CCC(C)C)c12. The lowest BCUT2D eigenvalue weighted by molar-refractivity contribution is 0.419. The summed E-state index contributed by atoms with van der Waals surface area (Å²) in [6.07, 6.45) is 2.25. The van der Waals surface area contributed by atoms with Crippen LogP contribution in [0.25, 0.3) is 21.9 Å². The molecule has 0 saturated carbocycles. The molecule has 0 aliphatic heterocycles. The molecule has 1 nitrogen and oxygen atoms in total. The zero-order valence-electron chi connectivity index (χ0n) is 14.2. The highest BCUT2D eigenvalue weighted by atomic mass is 16.5. The number of aryl methyl sites for hydroxylation is 1. The molecule has 0 aliphatic carbocycles. The Morgan fingerprint density at radius 2 is 1.65 bits per heavy atom. The second kappa shape index (κ2) is 6.87. The van der Waals surface area contributed by atoms with Crippen molar-refractivity contribution in [3.63, 3.8) is 0 Å². The van der Waals surface area contributed by atoms with Crippen LogP contribution < -0.4 is 4.74 Å². The molecule has 0 unspecified atom stereocenters. The number of benzene rings is 3. The summed E-state index contributed by atoms with van der Waals surface area (Å²) in [4.78, 5) is 0. The second-order valence-electron chi connectivity index (χ2n) is 6.45. The molecule has 0 N–H and O–H groups in total. The minimum absolute atomic E-state index is 0.684. The van der Waals surface area contributed by atoms with Gasteiger partial charge in [0.05, 0.1) is 7.11 Å². The molecule has 23 heavy (non-hydrogen) atoms. The van der Waals surface area contributed by atoms with Crippen molar-refractivity contribution in [1.82, 2.24) is 0 Å². The molecule has 0 heterocycles. The summed E-state index contributed by atoms with van der Waals surface area (Å²) in [6, 6.07) is 21.4. The maximum absolute atomic E-state index is 5.67. The summed E-state index contributed by atoms with van der Waals surface area (Å²) < 4.78 is 5.67. The average molecular weight is 304 g/mol. The first-order chi connectivity index (χ1) is 11.2. The van der Waals surface area contributed by atoms with Gasteiger partial charge in [-0.05, 0) is 46.9 Å². The molecule has 0 bridgehead atoms. The predicted molar refractivity (Wildman–Crippen MR) is 99.1 cm³/mol. The van der Waals surface area contributed by atoms with E-state index in [9.17, 15) is 0 Å². The Bertz CT molecular complexity index is 788. The monoisotopic (exact) mass is 304 g/mol. The van der Waals surface area contributed by atoms with Gasteiger partial charge in [-0.1, -0.05) is 68.4 Å². The van der Waals surface area contributed by atoms with Crippen LogP contribution in [-0.2, 0) is 6.42 Å². The lowest BCUT2D eigenvalue weighted by atomic mass is 9.89. The molecule has 118 valence electrons. The highest BCUT2D eigenvalue weighted by Crippen LogP contribution is 2.36. The topological polar surface area (TPSA) is 9.23 Å². The number of methoxy groups -OCH3 is 1. The standard InChI is InChI=1S/C22H24O/c1-16(2)12-14-20-19(17-8-5-4-6-9-17)15-13-18-10-7-11-21(23-3)22(18)20/h4-11,13,15-16H,12,14H2,1-3H3. The van der Waals surface area contributed by atoms with Gasteiger partial charge in [-0.3, -0.25) is 0 Å². The van der Waals surface area contributed by atoms with Crippen LogP contribution in [0.5, 0.6) is 5.75 Å². The lowest BCUT2D eigenvalue weighted by Crippen LogP contribution is -1.98. The van der Waals surface area contributed by atoms with Crippen molar-refractivity contribution in [2.45, 2.75) is 26.7 Å². The Labute approximate surface area is 138 Å². The van der Waals surface area contributed by atoms with E-state index in [-0.39, 0.29) is 0 Å². The van der Waals surface area contributed by atoms with Gasteiger partial charge in [0.15, 0.2) is 0 Å². The van der Waals surface area contributed by atoms with Gasteiger partial charge < -0.3 is 4.74 Å². The van der Waals surface area contributed by atoms with E-state index in [1.54, 1.807) is 7.11 Å². The number of rotatable bonds is 5. The summed E-state index contributed by atoms with van der Waals surface area (Å²) in [5, 5.41) is 2.51. The van der Waals surface area contributed by atoms with E-state index < -0.39 is 0 Å². The fourth-order valence-electron chi connectivity index (χ4n) is 3.17. The van der Waals surface area contributed by atoms with Gasteiger partial charge >= 0.3 is 0 Å². The minimum atomic E-state index is 0.684. The van der Waals surface area contributed by atoms with Crippen LogP contribution in [0.15, 0.2) is 60.7 Å². The van der Waals surface area contributed by atoms with E-state index in [2.05, 4.69) is 74.5 Å². The molecule has 0 aromatic heterocycles. The maximum atomic E-state index is 5.67. The van der Waals surface area contributed by atoms with Gasteiger partial charge in [-0.25, -0.2) is 0 Å². The van der Waals surface area contributed by atoms with E-state index >= 15 is 0 Å². The Balaban J connectivity index is 2.25.